The number of rotatable bonds is 4. The predicted molar refractivity (Wildman–Crippen MR) is 124 cm³/mol. The van der Waals surface area contributed by atoms with E-state index in [1.807, 2.05) is 48.6 Å². The molecule has 6 nitrogen and oxygen atoms in total. The molecule has 2 aliphatic heterocycles. The van der Waals surface area contributed by atoms with Crippen molar-refractivity contribution in [3.8, 4) is 11.5 Å². The Bertz CT molecular complexity index is 1220. The Morgan fingerprint density at radius 3 is 2.85 bits per heavy atom. The van der Waals surface area contributed by atoms with Crippen molar-refractivity contribution in [2.24, 2.45) is 0 Å². The average Bonchev–Trinajstić information content (AvgIpc) is 3.19. The Kier molecular flexibility index (Phi) is 4.33. The number of likely N-dealkylation sites (N-methyl/N-ethyl adjacent to an activating group) is 1. The van der Waals surface area contributed by atoms with Crippen molar-refractivity contribution in [2.45, 2.75) is 35.9 Å². The van der Waals surface area contributed by atoms with Gasteiger partial charge in [0.25, 0.3) is 0 Å². The average molecular weight is 443 g/mol. The summed E-state index contributed by atoms with van der Waals surface area (Å²) in [7, 11) is 3.71. The fourth-order valence-electron chi connectivity index (χ4n) is 6.54. The summed E-state index contributed by atoms with van der Waals surface area (Å²) in [4.78, 5) is 28.8. The molecule has 2 aromatic rings. The molecule has 6 heteroatoms. The number of carbonyl (C=O) groups is 2. The maximum absolute atomic E-state index is 13.3. The Hall–Kier alpha value is -3.38. The Labute approximate surface area is 192 Å². The van der Waals surface area contributed by atoms with Gasteiger partial charge in [-0.1, -0.05) is 42.5 Å². The van der Waals surface area contributed by atoms with Crippen LogP contribution in [0.1, 0.15) is 23.1 Å². The number of likely N-dealkylation sites (tertiary alicyclic amines) is 1. The molecule has 1 N–H and O–H groups in total. The maximum Gasteiger partial charge on any atom is 0.244 e. The van der Waals surface area contributed by atoms with E-state index in [9.17, 15) is 9.59 Å². The first-order valence-corrected chi connectivity index (χ1v) is 11.4. The smallest absolute Gasteiger partial charge is 0.244 e. The summed E-state index contributed by atoms with van der Waals surface area (Å²) in [6.45, 7) is 0.819. The lowest BCUT2D eigenvalue weighted by molar-refractivity contribution is -0.134. The number of piperidine rings is 1. The van der Waals surface area contributed by atoms with Crippen LogP contribution in [0.2, 0.25) is 0 Å². The summed E-state index contributed by atoms with van der Waals surface area (Å²) in [6.07, 6.45) is 7.70. The first-order chi connectivity index (χ1) is 16.0. The fourth-order valence-corrected chi connectivity index (χ4v) is 6.54. The second kappa shape index (κ2) is 7.06. The molecular weight excluding hydrogens is 416 g/mol. The SMILES string of the molecule is COc1ccc2c3c1O[C@H]1C(=O)C=CC4(NC(=O)C=Cc5ccccc5)[C@@H](C2)N(C)CC[C@]314. The Balaban J connectivity index is 1.50. The molecule has 1 saturated heterocycles. The summed E-state index contributed by atoms with van der Waals surface area (Å²) in [6, 6.07) is 13.8. The number of amides is 1. The number of carbonyl (C=O) groups excluding carboxylic acids is 2. The normalized spacial score (nSPS) is 31.3. The van der Waals surface area contributed by atoms with Crippen LogP contribution in [0.4, 0.5) is 0 Å². The van der Waals surface area contributed by atoms with Crippen molar-refractivity contribution in [2.75, 3.05) is 20.7 Å². The molecular formula is C27H26N2O4. The minimum absolute atomic E-state index is 0.00243. The molecule has 1 unspecified atom stereocenters. The van der Waals surface area contributed by atoms with E-state index in [1.165, 1.54) is 0 Å². The van der Waals surface area contributed by atoms with Crippen LogP contribution in [-0.4, -0.2) is 55.0 Å². The topological polar surface area (TPSA) is 67.9 Å². The van der Waals surface area contributed by atoms with Gasteiger partial charge in [0.05, 0.1) is 18.1 Å². The largest absolute Gasteiger partial charge is 0.493 e. The minimum Gasteiger partial charge on any atom is -0.493 e. The molecule has 0 aromatic heterocycles. The zero-order chi connectivity index (χ0) is 22.8. The molecule has 2 aromatic carbocycles. The van der Waals surface area contributed by atoms with Gasteiger partial charge in [-0.25, -0.2) is 0 Å². The standard InChI is InChI=1S/C27H26N2O4/c1-29-15-14-26-23-18-9-10-20(32-2)24(23)33-25(26)19(30)12-13-27(26,21(29)16-18)28-22(31)11-8-17-6-4-3-5-7-17/h3-13,21,25H,14-16H2,1-2H3,(H,28,31)/t21-,25+,26+,27?/m1/s1. The summed E-state index contributed by atoms with van der Waals surface area (Å²) in [5.74, 6) is 1.04. The van der Waals surface area contributed by atoms with E-state index in [0.29, 0.717) is 17.9 Å². The molecule has 1 spiro atoms. The van der Waals surface area contributed by atoms with Gasteiger partial charge in [-0.15, -0.1) is 0 Å². The van der Waals surface area contributed by atoms with E-state index in [-0.39, 0.29) is 17.7 Å². The van der Waals surface area contributed by atoms with Crippen LogP contribution >= 0.6 is 0 Å². The lowest BCUT2D eigenvalue weighted by Gasteiger charge is -2.62. The molecule has 2 bridgehead atoms. The van der Waals surface area contributed by atoms with E-state index >= 15 is 0 Å². The van der Waals surface area contributed by atoms with Crippen molar-refractivity contribution in [1.82, 2.24) is 10.2 Å². The van der Waals surface area contributed by atoms with E-state index in [4.69, 9.17) is 9.47 Å². The molecule has 1 fully saturated rings. The number of benzene rings is 2. The number of hydrogen-bond donors (Lipinski definition) is 1. The van der Waals surface area contributed by atoms with Gasteiger partial charge in [0.1, 0.15) is 0 Å². The second-order valence-corrected chi connectivity index (χ2v) is 9.39. The molecule has 0 radical (unpaired) electrons. The summed E-state index contributed by atoms with van der Waals surface area (Å²) in [5, 5.41) is 3.36. The highest BCUT2D eigenvalue weighted by Gasteiger charge is 2.72. The third-order valence-corrected chi connectivity index (χ3v) is 7.95. The summed E-state index contributed by atoms with van der Waals surface area (Å²) < 4.78 is 12.0. The first-order valence-electron chi connectivity index (χ1n) is 11.4. The van der Waals surface area contributed by atoms with Gasteiger partial charge >= 0.3 is 0 Å². The predicted octanol–water partition coefficient (Wildman–Crippen LogP) is 2.66. The summed E-state index contributed by atoms with van der Waals surface area (Å²) >= 11 is 0. The number of hydrogen-bond acceptors (Lipinski definition) is 5. The van der Waals surface area contributed by atoms with Crippen molar-refractivity contribution in [3.63, 3.8) is 0 Å². The van der Waals surface area contributed by atoms with E-state index in [2.05, 4.69) is 23.3 Å². The van der Waals surface area contributed by atoms with Crippen molar-refractivity contribution in [1.29, 1.82) is 0 Å². The summed E-state index contributed by atoms with van der Waals surface area (Å²) in [5.41, 5.74) is 1.72. The maximum atomic E-state index is 13.3. The van der Waals surface area contributed by atoms with Crippen molar-refractivity contribution < 1.29 is 19.1 Å². The van der Waals surface area contributed by atoms with Gasteiger partial charge in [0, 0.05) is 17.7 Å². The lowest BCUT2D eigenvalue weighted by atomic mass is 9.49. The second-order valence-electron chi connectivity index (χ2n) is 9.39. The number of ether oxygens (including phenoxy) is 2. The molecule has 2 aliphatic carbocycles. The van der Waals surface area contributed by atoms with Crippen LogP contribution < -0.4 is 14.8 Å². The third kappa shape index (κ3) is 2.58. The monoisotopic (exact) mass is 442 g/mol. The Morgan fingerprint density at radius 2 is 2.06 bits per heavy atom. The molecule has 4 aliphatic rings. The van der Waals surface area contributed by atoms with Gasteiger partial charge in [0.2, 0.25) is 5.91 Å². The van der Waals surface area contributed by atoms with E-state index < -0.39 is 17.1 Å². The molecule has 33 heavy (non-hydrogen) atoms. The molecule has 168 valence electrons. The zero-order valence-electron chi connectivity index (χ0n) is 18.7. The molecule has 4 atom stereocenters. The van der Waals surface area contributed by atoms with Crippen LogP contribution in [0.15, 0.2) is 60.7 Å². The number of nitrogens with one attached hydrogen (secondary N) is 1. The Morgan fingerprint density at radius 1 is 1.24 bits per heavy atom. The number of methoxy groups -OCH3 is 1. The number of ketones is 1. The van der Waals surface area contributed by atoms with Gasteiger partial charge in [-0.2, -0.15) is 0 Å². The van der Waals surface area contributed by atoms with Gasteiger partial charge < -0.3 is 19.7 Å². The molecule has 6 rings (SSSR count). The quantitative estimate of drug-likeness (QED) is 0.738. The van der Waals surface area contributed by atoms with E-state index in [0.717, 1.165) is 29.7 Å². The van der Waals surface area contributed by atoms with Gasteiger partial charge in [0.15, 0.2) is 23.4 Å². The highest BCUT2D eigenvalue weighted by Crippen LogP contribution is 2.63. The van der Waals surface area contributed by atoms with Gasteiger partial charge in [-0.3, -0.25) is 9.59 Å². The zero-order valence-corrected chi connectivity index (χ0v) is 18.7. The molecule has 2 heterocycles. The van der Waals surface area contributed by atoms with Crippen molar-refractivity contribution in [3.05, 3.63) is 77.4 Å². The highest BCUT2D eigenvalue weighted by molar-refractivity contribution is 6.00. The first kappa shape index (κ1) is 20.2. The van der Waals surface area contributed by atoms with Crippen LogP contribution in [0.5, 0.6) is 11.5 Å². The van der Waals surface area contributed by atoms with Gasteiger partial charge in [-0.05, 0) is 55.8 Å². The molecule has 1 amide bonds. The van der Waals surface area contributed by atoms with Crippen molar-refractivity contribution >= 4 is 17.8 Å². The minimum atomic E-state index is -0.763. The third-order valence-electron chi connectivity index (χ3n) is 7.95. The van der Waals surface area contributed by atoms with Crippen LogP contribution in [0.25, 0.3) is 6.08 Å². The number of nitrogens with zero attached hydrogens (tertiary/aromatic N) is 1. The molecule has 0 saturated carbocycles. The van der Waals surface area contributed by atoms with Crippen LogP contribution in [-0.2, 0) is 21.4 Å². The highest BCUT2D eigenvalue weighted by atomic mass is 16.5. The fraction of sp³-hybridized carbons (Fsp3) is 0.333. The van der Waals surface area contributed by atoms with Crippen LogP contribution in [0.3, 0.4) is 0 Å². The van der Waals surface area contributed by atoms with Crippen LogP contribution in [0, 0.1) is 0 Å². The lowest BCUT2D eigenvalue weighted by Crippen LogP contribution is -2.80. The van der Waals surface area contributed by atoms with E-state index in [1.54, 1.807) is 19.3 Å².